The van der Waals surface area contributed by atoms with Gasteiger partial charge >= 0.3 is 6.09 Å². The lowest BCUT2D eigenvalue weighted by Crippen LogP contribution is -2.50. The van der Waals surface area contributed by atoms with Crippen LogP contribution >= 0.6 is 11.6 Å². The highest BCUT2D eigenvalue weighted by Crippen LogP contribution is 2.29. The Labute approximate surface area is 158 Å². The highest BCUT2D eigenvalue weighted by Gasteiger charge is 2.27. The number of benzene rings is 1. The van der Waals surface area contributed by atoms with Gasteiger partial charge in [0.2, 0.25) is 0 Å². The van der Waals surface area contributed by atoms with E-state index in [0.29, 0.717) is 31.2 Å². The minimum atomic E-state index is -0.491. The summed E-state index contributed by atoms with van der Waals surface area (Å²) in [6.45, 7) is 8.05. The van der Waals surface area contributed by atoms with E-state index >= 15 is 0 Å². The first-order valence-electron chi connectivity index (χ1n) is 8.56. The molecule has 0 radical (unpaired) electrons. The van der Waals surface area contributed by atoms with Gasteiger partial charge in [-0.2, -0.15) is 0 Å². The van der Waals surface area contributed by atoms with E-state index in [4.69, 9.17) is 27.7 Å². The van der Waals surface area contributed by atoms with Crippen molar-refractivity contribution in [3.05, 3.63) is 34.9 Å². The van der Waals surface area contributed by atoms with Crippen molar-refractivity contribution in [1.82, 2.24) is 9.88 Å². The Balaban J connectivity index is 1.74. The van der Waals surface area contributed by atoms with Crippen LogP contribution in [0.1, 0.15) is 26.3 Å². The number of carbonyl (C=O) groups excluding carboxylic acids is 1. The number of carbonyl (C=O) groups is 1. The summed E-state index contributed by atoms with van der Waals surface area (Å²) in [7, 11) is 0. The van der Waals surface area contributed by atoms with E-state index in [1.807, 2.05) is 45.0 Å². The third kappa shape index (κ3) is 4.03. The lowest BCUT2D eigenvalue weighted by Gasteiger charge is -2.36. The smallest absolute Gasteiger partial charge is 0.410 e. The molecule has 0 spiro atoms. The minimum absolute atomic E-state index is 0.281. The van der Waals surface area contributed by atoms with Gasteiger partial charge < -0.3 is 14.5 Å². The zero-order valence-corrected chi connectivity index (χ0v) is 16.0. The van der Waals surface area contributed by atoms with Crippen LogP contribution in [0.25, 0.3) is 10.9 Å². The van der Waals surface area contributed by atoms with Crippen molar-refractivity contribution >= 4 is 34.4 Å². The lowest BCUT2D eigenvalue weighted by atomic mass is 10.1. The number of terminal acetylenes is 1. The largest absolute Gasteiger partial charge is 0.444 e. The van der Waals surface area contributed by atoms with Crippen molar-refractivity contribution in [2.75, 3.05) is 31.1 Å². The number of hydrogen-bond donors (Lipinski definition) is 0. The van der Waals surface area contributed by atoms with Crippen LogP contribution in [0.4, 0.5) is 10.6 Å². The number of ether oxygens (including phenoxy) is 1. The molecule has 3 rings (SSSR count). The lowest BCUT2D eigenvalue weighted by molar-refractivity contribution is 0.0240. The minimum Gasteiger partial charge on any atom is -0.444 e. The molecule has 2 heterocycles. The number of halogens is 1. The van der Waals surface area contributed by atoms with E-state index in [1.54, 1.807) is 4.90 Å². The van der Waals surface area contributed by atoms with Gasteiger partial charge in [-0.05, 0) is 45.0 Å². The van der Waals surface area contributed by atoms with Crippen LogP contribution in [-0.2, 0) is 4.74 Å². The number of amides is 1. The second-order valence-corrected chi connectivity index (χ2v) is 7.71. The van der Waals surface area contributed by atoms with Gasteiger partial charge in [0.15, 0.2) is 0 Å². The summed E-state index contributed by atoms with van der Waals surface area (Å²) in [4.78, 5) is 20.7. The molecule has 0 N–H and O–H groups in total. The highest BCUT2D eigenvalue weighted by molar-refractivity contribution is 6.33. The van der Waals surface area contributed by atoms with Gasteiger partial charge in [0.1, 0.15) is 11.4 Å². The molecule has 6 heteroatoms. The molecule has 2 aromatic rings. The van der Waals surface area contributed by atoms with E-state index < -0.39 is 5.60 Å². The summed E-state index contributed by atoms with van der Waals surface area (Å²) in [5.74, 6) is 3.35. The number of hydrogen-bond acceptors (Lipinski definition) is 4. The maximum absolute atomic E-state index is 12.2. The molecule has 1 aliphatic heterocycles. The van der Waals surface area contributed by atoms with Crippen LogP contribution in [0.2, 0.25) is 5.02 Å². The van der Waals surface area contributed by atoms with E-state index in [1.165, 1.54) is 0 Å². The molecular weight excluding hydrogens is 350 g/mol. The van der Waals surface area contributed by atoms with Gasteiger partial charge in [-0.15, -0.1) is 6.42 Å². The van der Waals surface area contributed by atoms with Gasteiger partial charge in [-0.1, -0.05) is 17.5 Å². The number of pyridine rings is 1. The molecule has 1 aliphatic rings. The Morgan fingerprint density at radius 3 is 2.54 bits per heavy atom. The zero-order valence-electron chi connectivity index (χ0n) is 15.3. The molecule has 136 valence electrons. The fourth-order valence-electron chi connectivity index (χ4n) is 2.88. The second-order valence-electron chi connectivity index (χ2n) is 7.30. The molecule has 0 bridgehead atoms. The Morgan fingerprint density at radius 2 is 1.92 bits per heavy atom. The van der Waals surface area contributed by atoms with Crippen molar-refractivity contribution in [2.24, 2.45) is 0 Å². The van der Waals surface area contributed by atoms with E-state index in [2.05, 4.69) is 10.8 Å². The third-order valence-corrected chi connectivity index (χ3v) is 4.43. The van der Waals surface area contributed by atoms with Crippen LogP contribution in [-0.4, -0.2) is 47.8 Å². The molecule has 1 saturated heterocycles. The monoisotopic (exact) mass is 371 g/mol. The molecule has 1 fully saturated rings. The SMILES string of the molecule is C#Cc1ccc2nc(N3CCN(C(=O)OC(C)(C)C)CC3)c(Cl)cc2c1. The molecule has 5 nitrogen and oxygen atoms in total. The first kappa shape index (κ1) is 18.3. The van der Waals surface area contributed by atoms with Crippen molar-refractivity contribution in [1.29, 1.82) is 0 Å². The zero-order chi connectivity index (χ0) is 18.9. The van der Waals surface area contributed by atoms with Gasteiger partial charge in [0.05, 0.1) is 10.5 Å². The number of fused-ring (bicyclic) bond motifs is 1. The fourth-order valence-corrected chi connectivity index (χ4v) is 3.16. The highest BCUT2D eigenvalue weighted by atomic mass is 35.5. The standard InChI is InChI=1S/C20H22ClN3O2/c1-5-14-6-7-17-15(12-14)13-16(21)18(22-17)23-8-10-24(11-9-23)19(25)26-20(2,3)4/h1,6-7,12-13H,8-11H2,2-4H3. The summed E-state index contributed by atoms with van der Waals surface area (Å²) in [6.07, 6.45) is 5.17. The molecule has 0 aliphatic carbocycles. The molecule has 26 heavy (non-hydrogen) atoms. The number of piperazine rings is 1. The Morgan fingerprint density at radius 1 is 1.23 bits per heavy atom. The van der Waals surface area contributed by atoms with Crippen LogP contribution in [0.5, 0.6) is 0 Å². The first-order chi connectivity index (χ1) is 12.3. The number of anilines is 1. The molecule has 0 saturated carbocycles. The summed E-state index contributed by atoms with van der Waals surface area (Å²) in [5.41, 5.74) is 1.15. The summed E-state index contributed by atoms with van der Waals surface area (Å²) in [6, 6.07) is 7.56. The van der Waals surface area contributed by atoms with Crippen LogP contribution < -0.4 is 4.90 Å². The quantitative estimate of drug-likeness (QED) is 0.712. The van der Waals surface area contributed by atoms with Crippen LogP contribution in [0, 0.1) is 12.3 Å². The molecule has 0 unspecified atom stereocenters. The fraction of sp³-hybridized carbons (Fsp3) is 0.400. The van der Waals surface area contributed by atoms with E-state index in [9.17, 15) is 4.79 Å². The Bertz CT molecular complexity index is 875. The van der Waals surface area contributed by atoms with Crippen LogP contribution in [0.3, 0.4) is 0 Å². The second kappa shape index (κ2) is 7.05. The van der Waals surface area contributed by atoms with Gasteiger partial charge in [0, 0.05) is 37.1 Å². The maximum Gasteiger partial charge on any atom is 0.410 e. The van der Waals surface area contributed by atoms with Gasteiger partial charge in [-0.3, -0.25) is 0 Å². The predicted octanol–water partition coefficient (Wildman–Crippen LogP) is 3.93. The Kier molecular flexibility index (Phi) is 4.97. The number of rotatable bonds is 1. The summed E-state index contributed by atoms with van der Waals surface area (Å²) < 4.78 is 5.43. The van der Waals surface area contributed by atoms with E-state index in [0.717, 1.165) is 22.3 Å². The van der Waals surface area contributed by atoms with E-state index in [-0.39, 0.29) is 6.09 Å². The van der Waals surface area contributed by atoms with Crippen molar-refractivity contribution in [2.45, 2.75) is 26.4 Å². The normalized spacial score (nSPS) is 15.0. The average Bonchev–Trinajstić information content (AvgIpc) is 2.59. The summed E-state index contributed by atoms with van der Waals surface area (Å²) in [5, 5.41) is 1.50. The molecule has 0 atom stereocenters. The molecule has 1 aromatic heterocycles. The number of nitrogens with zero attached hydrogens (tertiary/aromatic N) is 3. The van der Waals surface area contributed by atoms with Gasteiger partial charge in [-0.25, -0.2) is 9.78 Å². The maximum atomic E-state index is 12.2. The third-order valence-electron chi connectivity index (χ3n) is 4.15. The van der Waals surface area contributed by atoms with Crippen molar-refractivity contribution in [3.8, 4) is 12.3 Å². The number of aromatic nitrogens is 1. The summed E-state index contributed by atoms with van der Waals surface area (Å²) >= 11 is 6.46. The van der Waals surface area contributed by atoms with Crippen LogP contribution in [0.15, 0.2) is 24.3 Å². The average molecular weight is 372 g/mol. The molecule has 1 aromatic carbocycles. The Hall–Kier alpha value is -2.45. The topological polar surface area (TPSA) is 45.7 Å². The molecular formula is C20H22ClN3O2. The molecule has 1 amide bonds. The van der Waals surface area contributed by atoms with Crippen molar-refractivity contribution < 1.29 is 9.53 Å². The van der Waals surface area contributed by atoms with Gasteiger partial charge in [0.25, 0.3) is 0 Å². The van der Waals surface area contributed by atoms with Crippen molar-refractivity contribution in [3.63, 3.8) is 0 Å². The first-order valence-corrected chi connectivity index (χ1v) is 8.94. The predicted molar refractivity (Wildman–Crippen MR) is 105 cm³/mol.